The van der Waals surface area contributed by atoms with Gasteiger partial charge in [0.2, 0.25) is 0 Å². The van der Waals surface area contributed by atoms with Crippen LogP contribution in [0.25, 0.3) is 6.08 Å². The van der Waals surface area contributed by atoms with Gasteiger partial charge in [0.1, 0.15) is 11.5 Å². The summed E-state index contributed by atoms with van der Waals surface area (Å²) in [5.41, 5.74) is 1.15. The molecular weight excluding hydrogens is 432 g/mol. The van der Waals surface area contributed by atoms with E-state index >= 15 is 0 Å². The average molecular weight is 455 g/mol. The van der Waals surface area contributed by atoms with Crippen LogP contribution in [-0.4, -0.2) is 31.9 Å². The molecule has 8 nitrogen and oxygen atoms in total. The van der Waals surface area contributed by atoms with Gasteiger partial charge < -0.3 is 18.6 Å². The largest absolute Gasteiger partial charge is 0.493 e. The van der Waals surface area contributed by atoms with Gasteiger partial charge in [-0.2, -0.15) is 0 Å². The van der Waals surface area contributed by atoms with Crippen LogP contribution in [0.1, 0.15) is 30.0 Å². The molecule has 3 heterocycles. The van der Waals surface area contributed by atoms with Crippen molar-refractivity contribution in [3.8, 4) is 11.5 Å². The second-order valence-electron chi connectivity index (χ2n) is 7.14. The van der Waals surface area contributed by atoms with Crippen molar-refractivity contribution in [1.29, 1.82) is 0 Å². The summed E-state index contributed by atoms with van der Waals surface area (Å²) in [5, 5.41) is 0. The Morgan fingerprint density at radius 3 is 2.50 bits per heavy atom. The van der Waals surface area contributed by atoms with Crippen molar-refractivity contribution in [3.05, 3.63) is 78.4 Å². The molecule has 0 bridgehead atoms. The van der Waals surface area contributed by atoms with Crippen LogP contribution in [-0.2, 0) is 9.53 Å². The summed E-state index contributed by atoms with van der Waals surface area (Å²) in [4.78, 5) is 31.2. The van der Waals surface area contributed by atoms with Gasteiger partial charge in [0.15, 0.2) is 16.3 Å². The van der Waals surface area contributed by atoms with Crippen LogP contribution < -0.4 is 24.4 Å². The number of aryl methyl sites for hydroxylation is 1. The molecule has 9 heteroatoms. The third-order valence-corrected chi connectivity index (χ3v) is 6.17. The zero-order valence-corrected chi connectivity index (χ0v) is 19.1. The van der Waals surface area contributed by atoms with Crippen LogP contribution in [0.5, 0.6) is 11.5 Å². The third-order valence-electron chi connectivity index (χ3n) is 5.18. The van der Waals surface area contributed by atoms with E-state index in [1.54, 1.807) is 44.4 Å². The van der Waals surface area contributed by atoms with E-state index in [2.05, 4.69) is 4.99 Å². The monoisotopic (exact) mass is 454 g/mol. The molecule has 3 aromatic rings. The van der Waals surface area contributed by atoms with Crippen LogP contribution in [0.3, 0.4) is 0 Å². The standard InChI is InChI=1S/C23H22N2O6S/c1-12-6-8-15(31-12)11-18-21(26)25-20(14-7-9-16(28-3)17(10-14)29-4)19(22(27)30-5)13(2)24-23(25)32-18/h6-11,20H,1-5H3/b18-11-. The molecule has 0 fully saturated rings. The van der Waals surface area contributed by atoms with Crippen molar-refractivity contribution in [1.82, 2.24) is 4.57 Å². The Labute approximate surface area is 187 Å². The van der Waals surface area contributed by atoms with Gasteiger partial charge in [-0.3, -0.25) is 9.36 Å². The van der Waals surface area contributed by atoms with Crippen LogP contribution in [0.2, 0.25) is 0 Å². The molecule has 1 atom stereocenters. The van der Waals surface area contributed by atoms with Gasteiger partial charge in [-0.25, -0.2) is 9.79 Å². The molecular formula is C23H22N2O6S. The lowest BCUT2D eigenvalue weighted by Gasteiger charge is -2.25. The lowest BCUT2D eigenvalue weighted by Crippen LogP contribution is -2.39. The molecule has 166 valence electrons. The van der Waals surface area contributed by atoms with E-state index < -0.39 is 12.0 Å². The molecule has 4 rings (SSSR count). The van der Waals surface area contributed by atoms with Crippen LogP contribution in [0, 0.1) is 6.92 Å². The number of thiazole rings is 1. The summed E-state index contributed by atoms with van der Waals surface area (Å²) in [5.74, 6) is 1.78. The minimum absolute atomic E-state index is 0.281. The van der Waals surface area contributed by atoms with Crippen LogP contribution >= 0.6 is 11.3 Å². The second kappa shape index (κ2) is 8.51. The number of hydrogen-bond donors (Lipinski definition) is 0. The number of benzene rings is 1. The van der Waals surface area contributed by atoms with E-state index in [9.17, 15) is 9.59 Å². The topological polar surface area (TPSA) is 92.3 Å². The van der Waals surface area contributed by atoms with E-state index in [0.29, 0.717) is 37.9 Å². The van der Waals surface area contributed by atoms with E-state index in [4.69, 9.17) is 18.6 Å². The van der Waals surface area contributed by atoms with E-state index in [0.717, 1.165) is 5.76 Å². The Bertz CT molecular complexity index is 1410. The lowest BCUT2D eigenvalue weighted by molar-refractivity contribution is -0.136. The first-order valence-corrected chi connectivity index (χ1v) is 10.6. The molecule has 0 radical (unpaired) electrons. The predicted molar refractivity (Wildman–Crippen MR) is 119 cm³/mol. The summed E-state index contributed by atoms with van der Waals surface area (Å²) in [7, 11) is 4.38. The smallest absolute Gasteiger partial charge is 0.338 e. The fourth-order valence-corrected chi connectivity index (χ4v) is 4.72. The Balaban J connectivity index is 1.98. The Hall–Kier alpha value is -3.59. The molecule has 32 heavy (non-hydrogen) atoms. The Morgan fingerprint density at radius 1 is 1.12 bits per heavy atom. The molecule has 1 aliphatic rings. The van der Waals surface area contributed by atoms with Gasteiger partial charge in [-0.15, -0.1) is 0 Å². The number of furan rings is 1. The summed E-state index contributed by atoms with van der Waals surface area (Å²) in [6.07, 6.45) is 1.68. The fraction of sp³-hybridized carbons (Fsp3) is 0.261. The number of fused-ring (bicyclic) bond motifs is 1. The SMILES string of the molecule is COC(=O)C1=C(C)N=c2s/c(=C\c3ccc(C)o3)c(=O)n2C1c1ccc(OC)c(OC)c1. The Kier molecular flexibility index (Phi) is 5.75. The fourth-order valence-electron chi connectivity index (χ4n) is 3.69. The number of methoxy groups -OCH3 is 3. The average Bonchev–Trinajstić information content (AvgIpc) is 3.34. The number of carbonyl (C=O) groups is 1. The summed E-state index contributed by atoms with van der Waals surface area (Å²) in [6.45, 7) is 3.56. The number of nitrogens with zero attached hydrogens (tertiary/aromatic N) is 2. The maximum Gasteiger partial charge on any atom is 0.338 e. The lowest BCUT2D eigenvalue weighted by atomic mass is 9.95. The number of ether oxygens (including phenoxy) is 3. The minimum atomic E-state index is -0.737. The Morgan fingerprint density at radius 2 is 1.88 bits per heavy atom. The van der Waals surface area contributed by atoms with Gasteiger partial charge in [-0.05, 0) is 43.7 Å². The van der Waals surface area contributed by atoms with Gasteiger partial charge in [0.05, 0.1) is 43.2 Å². The second-order valence-corrected chi connectivity index (χ2v) is 8.15. The van der Waals surface area contributed by atoms with Gasteiger partial charge in [0, 0.05) is 6.08 Å². The highest BCUT2D eigenvalue weighted by Crippen LogP contribution is 2.35. The molecule has 1 aliphatic heterocycles. The van der Waals surface area contributed by atoms with Crippen LogP contribution in [0.4, 0.5) is 0 Å². The van der Waals surface area contributed by atoms with Gasteiger partial charge in [-0.1, -0.05) is 17.4 Å². The van der Waals surface area contributed by atoms with Gasteiger partial charge in [0.25, 0.3) is 5.56 Å². The molecule has 0 aliphatic carbocycles. The predicted octanol–water partition coefficient (Wildman–Crippen LogP) is 2.33. The van der Waals surface area contributed by atoms with Crippen molar-refractivity contribution in [2.45, 2.75) is 19.9 Å². The highest BCUT2D eigenvalue weighted by Gasteiger charge is 2.33. The van der Waals surface area contributed by atoms with Crippen molar-refractivity contribution < 1.29 is 23.4 Å². The van der Waals surface area contributed by atoms with Crippen molar-refractivity contribution in [2.24, 2.45) is 4.99 Å². The number of aromatic nitrogens is 1. The maximum atomic E-state index is 13.5. The third kappa shape index (κ3) is 3.64. The summed E-state index contributed by atoms with van der Waals surface area (Å²) < 4.78 is 23.3. The van der Waals surface area contributed by atoms with Gasteiger partial charge >= 0.3 is 5.97 Å². The zero-order chi connectivity index (χ0) is 23.0. The first kappa shape index (κ1) is 21.6. The highest BCUT2D eigenvalue weighted by atomic mass is 32.1. The normalized spacial score (nSPS) is 15.9. The molecule has 0 spiro atoms. The molecule has 1 unspecified atom stereocenters. The van der Waals surface area contributed by atoms with E-state index in [1.165, 1.54) is 30.1 Å². The molecule has 0 N–H and O–H groups in total. The van der Waals surface area contributed by atoms with Crippen molar-refractivity contribution in [2.75, 3.05) is 21.3 Å². The van der Waals surface area contributed by atoms with Crippen molar-refractivity contribution in [3.63, 3.8) is 0 Å². The number of rotatable bonds is 5. The summed E-state index contributed by atoms with van der Waals surface area (Å²) >= 11 is 1.23. The first-order chi connectivity index (χ1) is 15.4. The maximum absolute atomic E-state index is 13.5. The van der Waals surface area contributed by atoms with E-state index in [-0.39, 0.29) is 11.1 Å². The number of esters is 1. The summed E-state index contributed by atoms with van der Waals surface area (Å²) in [6, 6.07) is 8.16. The quantitative estimate of drug-likeness (QED) is 0.550. The van der Waals surface area contributed by atoms with E-state index in [1.807, 2.05) is 13.0 Å². The molecule has 0 saturated heterocycles. The molecule has 0 amide bonds. The zero-order valence-electron chi connectivity index (χ0n) is 18.3. The molecule has 2 aromatic heterocycles. The molecule has 0 saturated carbocycles. The highest BCUT2D eigenvalue weighted by molar-refractivity contribution is 7.07. The van der Waals surface area contributed by atoms with Crippen molar-refractivity contribution >= 4 is 23.4 Å². The molecule has 1 aromatic carbocycles. The number of allylic oxidation sites excluding steroid dienone is 1. The first-order valence-electron chi connectivity index (χ1n) is 9.77. The van der Waals surface area contributed by atoms with Crippen LogP contribution in [0.15, 0.2) is 55.8 Å². The number of hydrogen-bond acceptors (Lipinski definition) is 8. The minimum Gasteiger partial charge on any atom is -0.493 e. The number of carbonyl (C=O) groups excluding carboxylic acids is 1.